The molecule has 0 bridgehead atoms. The second-order valence-electron chi connectivity index (χ2n) is 5.83. The Balaban J connectivity index is 1.67. The summed E-state index contributed by atoms with van der Waals surface area (Å²) in [6.45, 7) is 2.65. The molecule has 0 aliphatic carbocycles. The van der Waals surface area contributed by atoms with Gasteiger partial charge in [-0.25, -0.2) is 4.39 Å². The SMILES string of the molecule is CCOc1ccc(N2CC(C(=O)Oc3ccc(Br)cc3F)CC2=O)cc1. The Bertz CT molecular complexity index is 825. The van der Waals surface area contributed by atoms with Crippen molar-refractivity contribution in [1.82, 2.24) is 0 Å². The molecule has 1 unspecified atom stereocenters. The third-order valence-electron chi connectivity index (χ3n) is 4.02. The van der Waals surface area contributed by atoms with Crippen molar-refractivity contribution in [2.24, 2.45) is 5.92 Å². The minimum atomic E-state index is -0.642. The number of esters is 1. The van der Waals surface area contributed by atoms with Gasteiger partial charge in [-0.05, 0) is 49.4 Å². The van der Waals surface area contributed by atoms with E-state index in [2.05, 4.69) is 15.9 Å². The van der Waals surface area contributed by atoms with Gasteiger partial charge in [0.25, 0.3) is 0 Å². The molecule has 5 nitrogen and oxygen atoms in total. The van der Waals surface area contributed by atoms with Crippen LogP contribution in [0.15, 0.2) is 46.9 Å². The van der Waals surface area contributed by atoms with E-state index in [9.17, 15) is 14.0 Å². The lowest BCUT2D eigenvalue weighted by atomic mass is 10.1. The van der Waals surface area contributed by atoms with Crippen LogP contribution in [0.2, 0.25) is 0 Å². The maximum absolute atomic E-state index is 13.8. The van der Waals surface area contributed by atoms with E-state index < -0.39 is 17.7 Å². The van der Waals surface area contributed by atoms with Gasteiger partial charge in [0.1, 0.15) is 5.75 Å². The molecule has 1 aliphatic heterocycles. The molecule has 26 heavy (non-hydrogen) atoms. The van der Waals surface area contributed by atoms with E-state index in [0.717, 1.165) is 0 Å². The number of nitrogens with zero attached hydrogens (tertiary/aromatic N) is 1. The summed E-state index contributed by atoms with van der Waals surface area (Å²) in [7, 11) is 0. The first-order chi connectivity index (χ1) is 12.5. The molecule has 1 atom stereocenters. The Labute approximate surface area is 158 Å². The number of hydrogen-bond acceptors (Lipinski definition) is 4. The Morgan fingerprint density at radius 3 is 2.65 bits per heavy atom. The molecule has 1 fully saturated rings. The van der Waals surface area contributed by atoms with E-state index in [0.29, 0.717) is 22.5 Å². The van der Waals surface area contributed by atoms with E-state index in [1.54, 1.807) is 30.3 Å². The Kier molecular flexibility index (Phi) is 5.56. The fourth-order valence-corrected chi connectivity index (χ4v) is 3.09. The van der Waals surface area contributed by atoms with Crippen LogP contribution < -0.4 is 14.4 Å². The number of anilines is 1. The van der Waals surface area contributed by atoms with Crippen LogP contribution in [-0.2, 0) is 9.59 Å². The lowest BCUT2D eigenvalue weighted by Gasteiger charge is -2.17. The molecular weight excluding hydrogens is 405 g/mol. The number of ether oxygens (including phenoxy) is 2. The summed E-state index contributed by atoms with van der Waals surface area (Å²) < 4.78 is 24.9. The smallest absolute Gasteiger partial charge is 0.316 e. The van der Waals surface area contributed by atoms with Gasteiger partial charge in [-0.1, -0.05) is 15.9 Å². The number of halogens is 2. The van der Waals surface area contributed by atoms with Crippen LogP contribution in [0.1, 0.15) is 13.3 Å². The van der Waals surface area contributed by atoms with Gasteiger partial charge in [0.05, 0.1) is 12.5 Å². The van der Waals surface area contributed by atoms with Crippen molar-refractivity contribution in [3.8, 4) is 11.5 Å². The van der Waals surface area contributed by atoms with Gasteiger partial charge in [0.2, 0.25) is 5.91 Å². The molecule has 1 aliphatic rings. The zero-order valence-electron chi connectivity index (χ0n) is 14.1. The minimum Gasteiger partial charge on any atom is -0.494 e. The topological polar surface area (TPSA) is 55.8 Å². The zero-order chi connectivity index (χ0) is 18.7. The fraction of sp³-hybridized carbons (Fsp3) is 0.263. The molecule has 2 aromatic rings. The predicted octanol–water partition coefficient (Wildman–Crippen LogP) is 3.95. The maximum atomic E-state index is 13.8. The van der Waals surface area contributed by atoms with Crippen LogP contribution in [0.3, 0.4) is 0 Å². The largest absolute Gasteiger partial charge is 0.494 e. The van der Waals surface area contributed by atoms with Crippen LogP contribution in [0.25, 0.3) is 0 Å². The number of carbonyl (C=O) groups is 2. The quantitative estimate of drug-likeness (QED) is 0.541. The summed E-state index contributed by atoms with van der Waals surface area (Å²) in [5.74, 6) is -1.51. The van der Waals surface area contributed by atoms with Gasteiger partial charge in [-0.3, -0.25) is 9.59 Å². The first-order valence-electron chi connectivity index (χ1n) is 8.18. The molecule has 2 aromatic carbocycles. The maximum Gasteiger partial charge on any atom is 0.316 e. The van der Waals surface area contributed by atoms with E-state index >= 15 is 0 Å². The summed E-state index contributed by atoms with van der Waals surface area (Å²) in [4.78, 5) is 26.1. The fourth-order valence-electron chi connectivity index (χ4n) is 2.75. The van der Waals surface area contributed by atoms with Crippen molar-refractivity contribution in [2.45, 2.75) is 13.3 Å². The summed E-state index contributed by atoms with van der Waals surface area (Å²) in [5.41, 5.74) is 0.684. The van der Waals surface area contributed by atoms with Gasteiger partial charge in [0, 0.05) is 23.1 Å². The van der Waals surface area contributed by atoms with Crippen molar-refractivity contribution in [3.05, 3.63) is 52.8 Å². The molecule has 0 aromatic heterocycles. The van der Waals surface area contributed by atoms with E-state index in [1.165, 1.54) is 17.0 Å². The normalized spacial score (nSPS) is 16.7. The van der Waals surface area contributed by atoms with Gasteiger partial charge in [-0.2, -0.15) is 0 Å². The van der Waals surface area contributed by atoms with Gasteiger partial charge >= 0.3 is 5.97 Å². The summed E-state index contributed by atoms with van der Waals surface area (Å²) in [6, 6.07) is 11.3. The van der Waals surface area contributed by atoms with Crippen molar-refractivity contribution < 1.29 is 23.5 Å². The number of benzene rings is 2. The molecule has 0 radical (unpaired) electrons. The van der Waals surface area contributed by atoms with Crippen LogP contribution >= 0.6 is 15.9 Å². The molecule has 1 heterocycles. The lowest BCUT2D eigenvalue weighted by molar-refractivity contribution is -0.139. The minimum absolute atomic E-state index is 0.0319. The van der Waals surface area contributed by atoms with E-state index in [1.807, 2.05) is 6.92 Å². The highest BCUT2D eigenvalue weighted by molar-refractivity contribution is 9.10. The highest BCUT2D eigenvalue weighted by Gasteiger charge is 2.36. The van der Waals surface area contributed by atoms with Gasteiger partial charge in [-0.15, -0.1) is 0 Å². The third-order valence-corrected chi connectivity index (χ3v) is 4.52. The third kappa shape index (κ3) is 4.04. The average molecular weight is 422 g/mol. The van der Waals surface area contributed by atoms with Crippen molar-refractivity contribution in [1.29, 1.82) is 0 Å². The van der Waals surface area contributed by atoms with Gasteiger partial charge < -0.3 is 14.4 Å². The number of hydrogen-bond donors (Lipinski definition) is 0. The van der Waals surface area contributed by atoms with Crippen molar-refractivity contribution >= 4 is 33.5 Å². The Hall–Kier alpha value is -2.41. The monoisotopic (exact) mass is 421 g/mol. The van der Waals surface area contributed by atoms with Crippen LogP contribution in [0.5, 0.6) is 11.5 Å². The molecule has 0 saturated carbocycles. The van der Waals surface area contributed by atoms with Crippen molar-refractivity contribution in [3.63, 3.8) is 0 Å². The van der Waals surface area contributed by atoms with Crippen LogP contribution in [0.4, 0.5) is 10.1 Å². The molecule has 3 rings (SSSR count). The molecule has 1 saturated heterocycles. The first-order valence-corrected chi connectivity index (χ1v) is 8.97. The Morgan fingerprint density at radius 1 is 1.27 bits per heavy atom. The number of carbonyl (C=O) groups excluding carboxylic acids is 2. The zero-order valence-corrected chi connectivity index (χ0v) is 15.7. The second kappa shape index (κ2) is 7.86. The summed E-state index contributed by atoms with van der Waals surface area (Å²) >= 11 is 3.14. The number of rotatable bonds is 5. The molecule has 136 valence electrons. The highest BCUT2D eigenvalue weighted by Crippen LogP contribution is 2.29. The molecule has 7 heteroatoms. The highest BCUT2D eigenvalue weighted by atomic mass is 79.9. The van der Waals surface area contributed by atoms with E-state index in [-0.39, 0.29) is 24.6 Å². The molecule has 0 N–H and O–H groups in total. The number of amides is 1. The summed E-state index contributed by atoms with van der Waals surface area (Å²) in [6.07, 6.45) is 0.0319. The average Bonchev–Trinajstić information content (AvgIpc) is 3.00. The molecule has 1 amide bonds. The standard InChI is InChI=1S/C19H17BrFNO4/c1-2-25-15-6-4-14(5-7-15)22-11-12(9-18(22)23)19(24)26-17-8-3-13(20)10-16(17)21/h3-8,10,12H,2,9,11H2,1H3. The van der Waals surface area contributed by atoms with Gasteiger partial charge in [0.15, 0.2) is 11.6 Å². The molecular formula is C19H17BrFNO4. The van der Waals surface area contributed by atoms with Crippen LogP contribution in [-0.4, -0.2) is 25.0 Å². The first kappa shape index (κ1) is 18.4. The van der Waals surface area contributed by atoms with E-state index in [4.69, 9.17) is 9.47 Å². The predicted molar refractivity (Wildman–Crippen MR) is 97.8 cm³/mol. The molecule has 0 spiro atoms. The second-order valence-corrected chi connectivity index (χ2v) is 6.74. The lowest BCUT2D eigenvalue weighted by Crippen LogP contribution is -2.27. The van der Waals surface area contributed by atoms with Crippen LogP contribution in [0, 0.1) is 11.7 Å². The van der Waals surface area contributed by atoms with Crippen molar-refractivity contribution in [2.75, 3.05) is 18.1 Å². The summed E-state index contributed by atoms with van der Waals surface area (Å²) in [5, 5.41) is 0. The Morgan fingerprint density at radius 2 is 2.00 bits per heavy atom.